The summed E-state index contributed by atoms with van der Waals surface area (Å²) in [5.74, 6) is -1.35. The zero-order chi connectivity index (χ0) is 22.4. The van der Waals surface area contributed by atoms with Crippen LogP contribution in [0.4, 0.5) is 15.8 Å². The first-order valence-electron chi connectivity index (χ1n) is 10.0. The SMILES string of the molecule is COc1ccc(NC(=O)CCS(=O)(=O)C2CCCC2)cc1NC(=O)c1cccc(F)c1. The summed E-state index contributed by atoms with van der Waals surface area (Å²) in [7, 11) is -1.85. The highest BCUT2D eigenvalue weighted by atomic mass is 32.2. The fourth-order valence-corrected chi connectivity index (χ4v) is 5.44. The molecule has 1 fully saturated rings. The Morgan fingerprint density at radius 2 is 1.84 bits per heavy atom. The monoisotopic (exact) mass is 448 g/mol. The topological polar surface area (TPSA) is 102 Å². The van der Waals surface area contributed by atoms with Gasteiger partial charge in [-0.15, -0.1) is 0 Å². The lowest BCUT2D eigenvalue weighted by Gasteiger charge is -2.14. The second kappa shape index (κ2) is 9.91. The van der Waals surface area contributed by atoms with Gasteiger partial charge in [0.15, 0.2) is 9.84 Å². The predicted octanol–water partition coefficient (Wildman–Crippen LogP) is 3.77. The molecule has 0 unspecified atom stereocenters. The molecule has 2 N–H and O–H groups in total. The van der Waals surface area contributed by atoms with Crippen LogP contribution in [0, 0.1) is 5.82 Å². The van der Waals surface area contributed by atoms with Crippen molar-refractivity contribution < 1.29 is 27.1 Å². The van der Waals surface area contributed by atoms with Crippen molar-refractivity contribution in [2.24, 2.45) is 0 Å². The van der Waals surface area contributed by atoms with Crippen LogP contribution in [0.25, 0.3) is 0 Å². The largest absolute Gasteiger partial charge is 0.495 e. The maximum Gasteiger partial charge on any atom is 0.255 e. The van der Waals surface area contributed by atoms with Crippen LogP contribution < -0.4 is 15.4 Å². The molecule has 31 heavy (non-hydrogen) atoms. The third-order valence-corrected chi connectivity index (χ3v) is 7.50. The Morgan fingerprint density at radius 3 is 2.52 bits per heavy atom. The summed E-state index contributed by atoms with van der Waals surface area (Å²) in [6, 6.07) is 9.89. The average Bonchev–Trinajstić information content (AvgIpc) is 3.29. The van der Waals surface area contributed by atoms with Crippen molar-refractivity contribution in [1.29, 1.82) is 0 Å². The van der Waals surface area contributed by atoms with Gasteiger partial charge in [0.25, 0.3) is 5.91 Å². The van der Waals surface area contributed by atoms with E-state index in [1.54, 1.807) is 12.1 Å². The van der Waals surface area contributed by atoms with Crippen LogP contribution in [-0.4, -0.2) is 38.3 Å². The second-order valence-electron chi connectivity index (χ2n) is 7.45. The standard InChI is InChI=1S/C22H25FN2O5S/c1-30-20-10-9-17(14-19(20)25-22(27)15-5-4-6-16(23)13-15)24-21(26)11-12-31(28,29)18-7-2-3-8-18/h4-6,9-10,13-14,18H,2-3,7-8,11-12H2,1H3,(H,24,26)(H,25,27). The van der Waals surface area contributed by atoms with Crippen LogP contribution in [0.5, 0.6) is 5.75 Å². The molecule has 0 aliphatic heterocycles. The summed E-state index contributed by atoms with van der Waals surface area (Å²) in [5, 5.41) is 4.94. The number of hydrogen-bond donors (Lipinski definition) is 2. The first-order chi connectivity index (χ1) is 14.8. The second-order valence-corrected chi connectivity index (χ2v) is 9.85. The van der Waals surface area contributed by atoms with Crippen molar-refractivity contribution in [1.82, 2.24) is 0 Å². The molecule has 0 radical (unpaired) electrons. The van der Waals surface area contributed by atoms with E-state index >= 15 is 0 Å². The van der Waals surface area contributed by atoms with Gasteiger partial charge < -0.3 is 15.4 Å². The number of nitrogens with one attached hydrogen (secondary N) is 2. The Balaban J connectivity index is 1.65. The minimum absolute atomic E-state index is 0.133. The molecular formula is C22H25FN2O5S. The van der Waals surface area contributed by atoms with Crippen molar-refractivity contribution in [3.63, 3.8) is 0 Å². The lowest BCUT2D eigenvalue weighted by molar-refractivity contribution is -0.115. The number of carbonyl (C=O) groups excluding carboxylic acids is 2. The predicted molar refractivity (Wildman–Crippen MR) is 117 cm³/mol. The molecule has 2 amide bonds. The molecule has 0 saturated heterocycles. The van der Waals surface area contributed by atoms with E-state index in [2.05, 4.69) is 10.6 Å². The number of anilines is 2. The van der Waals surface area contributed by atoms with Gasteiger partial charge in [0.2, 0.25) is 5.91 Å². The number of rotatable bonds is 8. The van der Waals surface area contributed by atoms with Gasteiger partial charge in [-0.25, -0.2) is 12.8 Å². The molecule has 1 saturated carbocycles. The molecule has 0 spiro atoms. The van der Waals surface area contributed by atoms with E-state index in [-0.39, 0.29) is 28.7 Å². The number of sulfone groups is 1. The zero-order valence-corrected chi connectivity index (χ0v) is 18.0. The van der Waals surface area contributed by atoms with Gasteiger partial charge in [-0.1, -0.05) is 18.9 Å². The van der Waals surface area contributed by atoms with Crippen molar-refractivity contribution in [2.75, 3.05) is 23.5 Å². The molecule has 9 heteroatoms. The minimum Gasteiger partial charge on any atom is -0.495 e. The van der Waals surface area contributed by atoms with E-state index < -0.39 is 27.5 Å². The van der Waals surface area contributed by atoms with Gasteiger partial charge >= 0.3 is 0 Å². The van der Waals surface area contributed by atoms with Crippen LogP contribution in [0.15, 0.2) is 42.5 Å². The Labute approximate surface area is 180 Å². The molecule has 0 aromatic heterocycles. The number of benzene rings is 2. The lowest BCUT2D eigenvalue weighted by Crippen LogP contribution is -2.24. The van der Waals surface area contributed by atoms with E-state index in [9.17, 15) is 22.4 Å². The van der Waals surface area contributed by atoms with Gasteiger partial charge in [-0.2, -0.15) is 0 Å². The molecule has 2 aromatic rings. The molecule has 1 aliphatic carbocycles. The van der Waals surface area contributed by atoms with Crippen molar-refractivity contribution in [3.05, 3.63) is 53.8 Å². The number of ether oxygens (including phenoxy) is 1. The number of carbonyl (C=O) groups is 2. The maximum absolute atomic E-state index is 13.4. The van der Waals surface area contributed by atoms with E-state index in [1.165, 1.54) is 31.4 Å². The van der Waals surface area contributed by atoms with Crippen molar-refractivity contribution in [2.45, 2.75) is 37.4 Å². The van der Waals surface area contributed by atoms with Crippen LogP contribution >= 0.6 is 0 Å². The number of halogens is 1. The van der Waals surface area contributed by atoms with Gasteiger partial charge in [0, 0.05) is 17.7 Å². The Bertz CT molecular complexity index is 1070. The number of methoxy groups -OCH3 is 1. The Morgan fingerprint density at radius 1 is 1.10 bits per heavy atom. The summed E-state index contributed by atoms with van der Waals surface area (Å²) in [6.07, 6.45) is 3.00. The highest BCUT2D eigenvalue weighted by molar-refractivity contribution is 7.92. The maximum atomic E-state index is 13.4. The minimum atomic E-state index is -3.28. The molecule has 0 heterocycles. The number of amides is 2. The smallest absolute Gasteiger partial charge is 0.255 e. The zero-order valence-electron chi connectivity index (χ0n) is 17.2. The molecule has 3 rings (SSSR count). The normalized spacial score (nSPS) is 14.3. The first-order valence-corrected chi connectivity index (χ1v) is 11.8. The van der Waals surface area contributed by atoms with Gasteiger partial charge in [0.05, 0.1) is 23.8 Å². The summed E-state index contributed by atoms with van der Waals surface area (Å²) >= 11 is 0. The third-order valence-electron chi connectivity index (χ3n) is 5.24. The van der Waals surface area contributed by atoms with Gasteiger partial charge in [0.1, 0.15) is 11.6 Å². The van der Waals surface area contributed by atoms with Gasteiger partial charge in [-0.3, -0.25) is 9.59 Å². The number of hydrogen-bond acceptors (Lipinski definition) is 5. The molecule has 2 aromatic carbocycles. The third kappa shape index (κ3) is 6.04. The molecule has 1 aliphatic rings. The summed E-state index contributed by atoms with van der Waals surface area (Å²) in [5.41, 5.74) is 0.792. The highest BCUT2D eigenvalue weighted by Crippen LogP contribution is 2.29. The summed E-state index contributed by atoms with van der Waals surface area (Å²) < 4.78 is 43.3. The van der Waals surface area contributed by atoms with Crippen LogP contribution in [0.1, 0.15) is 42.5 Å². The van der Waals surface area contributed by atoms with E-state index in [4.69, 9.17) is 4.74 Å². The average molecular weight is 449 g/mol. The van der Waals surface area contributed by atoms with E-state index in [0.717, 1.165) is 18.9 Å². The molecule has 166 valence electrons. The van der Waals surface area contributed by atoms with Gasteiger partial charge in [-0.05, 0) is 49.2 Å². The van der Waals surface area contributed by atoms with Crippen molar-refractivity contribution in [3.8, 4) is 5.75 Å². The van der Waals surface area contributed by atoms with Crippen molar-refractivity contribution >= 4 is 33.0 Å². The van der Waals surface area contributed by atoms with Crippen LogP contribution in [0.2, 0.25) is 0 Å². The van der Waals surface area contributed by atoms with E-state index in [1.807, 2.05) is 0 Å². The Kier molecular flexibility index (Phi) is 7.27. The lowest BCUT2D eigenvalue weighted by atomic mass is 10.2. The molecular weight excluding hydrogens is 423 g/mol. The molecule has 7 nitrogen and oxygen atoms in total. The fraction of sp³-hybridized carbons (Fsp3) is 0.364. The fourth-order valence-electron chi connectivity index (χ4n) is 3.58. The Hall–Kier alpha value is -2.94. The first kappa shape index (κ1) is 22.7. The van der Waals surface area contributed by atoms with E-state index in [0.29, 0.717) is 24.3 Å². The summed E-state index contributed by atoms with van der Waals surface area (Å²) in [6.45, 7) is 0. The molecule has 0 bridgehead atoms. The molecule has 0 atom stereocenters. The van der Waals surface area contributed by atoms with Crippen LogP contribution in [-0.2, 0) is 14.6 Å². The quantitative estimate of drug-likeness (QED) is 0.640. The highest BCUT2D eigenvalue weighted by Gasteiger charge is 2.28. The van der Waals surface area contributed by atoms with Crippen LogP contribution in [0.3, 0.4) is 0 Å². The summed E-state index contributed by atoms with van der Waals surface area (Å²) in [4.78, 5) is 24.7.